The summed E-state index contributed by atoms with van der Waals surface area (Å²) in [4.78, 5) is 15.8. The predicted octanol–water partition coefficient (Wildman–Crippen LogP) is 3.91. The van der Waals surface area contributed by atoms with Gasteiger partial charge in [-0.25, -0.2) is 0 Å². The summed E-state index contributed by atoms with van der Waals surface area (Å²) in [6.45, 7) is 5.48. The van der Waals surface area contributed by atoms with Gasteiger partial charge in [-0.05, 0) is 38.5 Å². The highest BCUT2D eigenvalue weighted by Gasteiger charge is 2.30. The van der Waals surface area contributed by atoms with Crippen molar-refractivity contribution in [1.29, 1.82) is 0 Å². The molecule has 8 heteroatoms. The van der Waals surface area contributed by atoms with Crippen molar-refractivity contribution >= 4 is 11.7 Å². The van der Waals surface area contributed by atoms with Gasteiger partial charge < -0.3 is 5.32 Å². The van der Waals surface area contributed by atoms with Crippen LogP contribution in [0.1, 0.15) is 31.9 Å². The Morgan fingerprint density at radius 2 is 1.82 bits per heavy atom. The fourth-order valence-corrected chi connectivity index (χ4v) is 2.44. The number of benzene rings is 1. The van der Waals surface area contributed by atoms with Crippen molar-refractivity contribution in [1.82, 2.24) is 10.4 Å². The number of hydroxylamine groups is 2. The van der Waals surface area contributed by atoms with Gasteiger partial charge in [0.25, 0.3) is 5.91 Å². The van der Waals surface area contributed by atoms with Gasteiger partial charge in [0.15, 0.2) is 5.84 Å². The number of amidine groups is 1. The molecule has 28 heavy (non-hydrogen) atoms. The molecule has 2 rings (SSSR count). The Hall–Kier alpha value is -3.05. The van der Waals surface area contributed by atoms with E-state index in [4.69, 9.17) is 0 Å². The Morgan fingerprint density at radius 3 is 2.25 bits per heavy atom. The van der Waals surface area contributed by atoms with Crippen LogP contribution in [0.3, 0.4) is 0 Å². The molecule has 0 saturated heterocycles. The number of amides is 1. The topological polar surface area (TPSA) is 64.9 Å². The maximum atomic E-state index is 12.6. The average molecular weight is 393 g/mol. The van der Waals surface area contributed by atoms with Crippen LogP contribution in [-0.4, -0.2) is 29.1 Å². The van der Waals surface area contributed by atoms with E-state index in [-0.39, 0.29) is 12.4 Å². The molecule has 0 atom stereocenters. The number of carbonyl (C=O) groups is 1. The molecule has 0 aromatic heterocycles. The van der Waals surface area contributed by atoms with Gasteiger partial charge in [-0.15, -0.1) is 12.3 Å². The van der Waals surface area contributed by atoms with Crippen LogP contribution in [0.5, 0.6) is 0 Å². The second-order valence-corrected chi connectivity index (χ2v) is 5.97. The minimum atomic E-state index is -4.38. The molecule has 0 radical (unpaired) electrons. The number of hydrogen-bond acceptors (Lipinski definition) is 4. The van der Waals surface area contributed by atoms with Crippen molar-refractivity contribution in [3.8, 4) is 12.3 Å². The van der Waals surface area contributed by atoms with Crippen LogP contribution >= 0.6 is 0 Å². The van der Waals surface area contributed by atoms with Gasteiger partial charge in [0.1, 0.15) is 0 Å². The summed E-state index contributed by atoms with van der Waals surface area (Å²) in [6.07, 6.45) is 1.44. The van der Waals surface area contributed by atoms with Crippen molar-refractivity contribution in [3.05, 3.63) is 58.3 Å². The fraction of sp³-hybridized carbons (Fsp3) is 0.300. The molecule has 0 spiro atoms. The molecule has 1 amide bonds. The van der Waals surface area contributed by atoms with Crippen molar-refractivity contribution in [2.75, 3.05) is 7.05 Å². The van der Waals surface area contributed by atoms with Gasteiger partial charge in [-0.1, -0.05) is 17.7 Å². The molecule has 0 aliphatic carbocycles. The van der Waals surface area contributed by atoms with Gasteiger partial charge in [0, 0.05) is 25.2 Å². The number of allylic oxidation sites excluding steroid dienone is 1. The summed E-state index contributed by atoms with van der Waals surface area (Å²) in [5.74, 6) is 1.71. The first-order valence-corrected chi connectivity index (χ1v) is 8.23. The number of alkyl halides is 3. The van der Waals surface area contributed by atoms with E-state index in [1.807, 2.05) is 0 Å². The molecule has 0 saturated carbocycles. The Labute approximate surface area is 162 Å². The van der Waals surface area contributed by atoms with Crippen molar-refractivity contribution in [2.45, 2.75) is 33.5 Å². The van der Waals surface area contributed by atoms with Crippen LogP contribution in [0.15, 0.2) is 52.2 Å². The lowest BCUT2D eigenvalue weighted by Crippen LogP contribution is -2.40. The van der Waals surface area contributed by atoms with Crippen molar-refractivity contribution in [2.24, 2.45) is 4.99 Å². The minimum absolute atomic E-state index is 0.113. The number of carbonyl (C=O) groups excluding carboxylic acids is 1. The van der Waals surface area contributed by atoms with Crippen molar-refractivity contribution in [3.63, 3.8) is 0 Å². The smallest absolute Gasteiger partial charge is 0.380 e. The van der Waals surface area contributed by atoms with E-state index in [0.717, 1.165) is 17.7 Å². The average Bonchev–Trinajstić information content (AvgIpc) is 2.62. The third-order valence-electron chi connectivity index (χ3n) is 3.65. The number of rotatable bonds is 3. The van der Waals surface area contributed by atoms with Crippen LogP contribution in [0.4, 0.5) is 13.2 Å². The quantitative estimate of drug-likeness (QED) is 0.604. The van der Waals surface area contributed by atoms with Crippen LogP contribution in [0, 0.1) is 12.3 Å². The van der Waals surface area contributed by atoms with Gasteiger partial charge in [0.05, 0.1) is 11.3 Å². The van der Waals surface area contributed by atoms with Gasteiger partial charge >= 0.3 is 6.18 Å². The van der Waals surface area contributed by atoms with E-state index < -0.39 is 17.6 Å². The van der Waals surface area contributed by atoms with Crippen LogP contribution in [0.2, 0.25) is 0 Å². The summed E-state index contributed by atoms with van der Waals surface area (Å²) in [5.41, 5.74) is 1.74. The number of halogens is 3. The van der Waals surface area contributed by atoms with E-state index in [9.17, 15) is 23.2 Å². The minimum Gasteiger partial charge on any atom is -0.380 e. The number of terminal acetylenes is 1. The van der Waals surface area contributed by atoms with Gasteiger partial charge in [-0.2, -0.15) is 18.2 Å². The van der Waals surface area contributed by atoms with E-state index in [2.05, 4.69) is 22.7 Å². The summed E-state index contributed by atoms with van der Waals surface area (Å²) >= 11 is 0. The monoisotopic (exact) mass is 393 g/mol. The summed E-state index contributed by atoms with van der Waals surface area (Å²) < 4.78 is 37.8. The summed E-state index contributed by atoms with van der Waals surface area (Å²) in [5, 5.41) is 13.3. The Kier molecular flexibility index (Phi) is 8.01. The molecular formula is C20H22F3N3O2. The van der Waals surface area contributed by atoms with Crippen molar-refractivity contribution < 1.29 is 23.2 Å². The molecule has 1 aromatic carbocycles. The molecule has 0 fully saturated rings. The second kappa shape index (κ2) is 9.76. The third kappa shape index (κ3) is 5.72. The highest BCUT2D eigenvalue weighted by molar-refractivity contribution is 6.15. The SMILES string of the molecule is C#CC.CN=C1C(=C(C)C)C(NCc2ccc(C(F)(F)F)cc2)=CC(=O)N1O. The van der Waals surface area contributed by atoms with Gasteiger partial charge in [-0.3, -0.25) is 15.0 Å². The first-order valence-electron chi connectivity index (χ1n) is 8.23. The molecule has 5 nitrogen and oxygen atoms in total. The lowest BCUT2D eigenvalue weighted by Gasteiger charge is -2.26. The zero-order chi connectivity index (χ0) is 21.5. The molecule has 0 unspecified atom stereocenters. The first kappa shape index (κ1) is 23.0. The van der Waals surface area contributed by atoms with Crippen LogP contribution < -0.4 is 5.32 Å². The van der Waals surface area contributed by atoms with E-state index >= 15 is 0 Å². The fourth-order valence-electron chi connectivity index (χ4n) is 2.44. The Balaban J connectivity index is 0.00000122. The number of nitrogens with one attached hydrogen (secondary N) is 1. The van der Waals surface area contributed by atoms with E-state index in [1.54, 1.807) is 20.8 Å². The largest absolute Gasteiger partial charge is 0.416 e. The zero-order valence-electron chi connectivity index (χ0n) is 16.1. The normalized spacial score (nSPS) is 15.5. The third-order valence-corrected chi connectivity index (χ3v) is 3.65. The maximum absolute atomic E-state index is 12.6. The van der Waals surface area contributed by atoms with E-state index in [0.29, 0.717) is 21.9 Å². The van der Waals surface area contributed by atoms with Gasteiger partial charge in [0.2, 0.25) is 0 Å². The molecule has 2 N–H and O–H groups in total. The first-order chi connectivity index (χ1) is 13.1. The number of aliphatic imine (C=N–C) groups is 1. The molecule has 1 heterocycles. The van der Waals surface area contributed by atoms with Crippen LogP contribution in [0.25, 0.3) is 0 Å². The molecular weight excluding hydrogens is 371 g/mol. The zero-order valence-corrected chi connectivity index (χ0v) is 16.1. The molecule has 1 aromatic rings. The summed E-state index contributed by atoms with van der Waals surface area (Å²) in [7, 11) is 1.45. The lowest BCUT2D eigenvalue weighted by molar-refractivity contribution is -0.143. The highest BCUT2D eigenvalue weighted by atomic mass is 19.4. The lowest BCUT2D eigenvalue weighted by atomic mass is 10.0. The predicted molar refractivity (Wildman–Crippen MR) is 101 cm³/mol. The molecule has 1 aliphatic heterocycles. The summed E-state index contributed by atoms with van der Waals surface area (Å²) in [6, 6.07) is 4.76. The standard InChI is InChI=1S/C17H18F3N3O2.C3H4/c1-10(2)15-13(8-14(24)23(25)16(15)21-3)22-9-11-4-6-12(7-5-11)17(18,19)20;1-3-2/h4-8,22,25H,9H2,1-3H3;1H,2H3. The molecule has 150 valence electrons. The Bertz CT molecular complexity index is 841. The van der Waals surface area contributed by atoms with E-state index in [1.165, 1.54) is 25.3 Å². The maximum Gasteiger partial charge on any atom is 0.416 e. The number of hydrogen-bond donors (Lipinski definition) is 2. The molecule has 0 bridgehead atoms. The second-order valence-electron chi connectivity index (χ2n) is 5.97. The number of nitrogens with zero attached hydrogens (tertiary/aromatic N) is 2. The Morgan fingerprint density at radius 1 is 1.29 bits per heavy atom. The highest BCUT2D eigenvalue weighted by Crippen LogP contribution is 2.29. The van der Waals surface area contributed by atoms with Crippen LogP contribution in [-0.2, 0) is 17.5 Å². The molecule has 1 aliphatic rings.